The number of hydrogen-bond donors (Lipinski definition) is 2. The van der Waals surface area contributed by atoms with Crippen LogP contribution in [-0.2, 0) is 17.8 Å². The maximum absolute atomic E-state index is 12.6. The van der Waals surface area contributed by atoms with Crippen LogP contribution < -0.4 is 10.6 Å². The molecule has 2 aliphatic heterocycles. The fraction of sp³-hybridized carbons (Fsp3) is 0.278. The molecule has 3 nitrogen and oxygen atoms in total. The van der Waals surface area contributed by atoms with Crippen molar-refractivity contribution < 1.29 is 4.79 Å². The quantitative estimate of drug-likeness (QED) is 0.873. The van der Waals surface area contributed by atoms with E-state index in [1.54, 1.807) is 11.8 Å². The second-order valence-electron chi connectivity index (χ2n) is 5.80. The Kier molecular flexibility index (Phi) is 4.95. The maximum atomic E-state index is 12.6. The Morgan fingerprint density at radius 1 is 1.17 bits per heavy atom. The van der Waals surface area contributed by atoms with E-state index in [1.807, 2.05) is 18.2 Å². The lowest BCUT2D eigenvalue weighted by Crippen LogP contribution is -2.24. The van der Waals surface area contributed by atoms with Gasteiger partial charge in [0.05, 0.1) is 5.92 Å². The van der Waals surface area contributed by atoms with Gasteiger partial charge in [-0.1, -0.05) is 24.3 Å². The number of anilines is 1. The van der Waals surface area contributed by atoms with Crippen molar-refractivity contribution in [1.29, 1.82) is 0 Å². The maximum Gasteiger partial charge on any atom is 0.232 e. The Bertz CT molecular complexity index is 735. The zero-order valence-electron chi connectivity index (χ0n) is 12.7. The molecule has 0 radical (unpaired) electrons. The van der Waals surface area contributed by atoms with Gasteiger partial charge in [-0.25, -0.2) is 0 Å². The van der Waals surface area contributed by atoms with Crippen LogP contribution in [0.1, 0.15) is 22.6 Å². The van der Waals surface area contributed by atoms with Crippen LogP contribution in [0.15, 0.2) is 47.4 Å². The average Bonchev–Trinajstić information content (AvgIpc) is 2.99. The molecule has 4 rings (SSSR count). The highest BCUT2D eigenvalue weighted by Gasteiger charge is 2.29. The molecule has 2 aliphatic rings. The molecule has 2 N–H and O–H groups in total. The monoisotopic (exact) mass is 346 g/mol. The second kappa shape index (κ2) is 6.95. The fourth-order valence-corrected chi connectivity index (χ4v) is 4.40. The van der Waals surface area contributed by atoms with Gasteiger partial charge in [0.1, 0.15) is 0 Å². The summed E-state index contributed by atoms with van der Waals surface area (Å²) in [7, 11) is 0. The van der Waals surface area contributed by atoms with Gasteiger partial charge in [-0.2, -0.15) is 0 Å². The molecule has 2 aromatic rings. The van der Waals surface area contributed by atoms with Crippen LogP contribution >= 0.6 is 24.2 Å². The lowest BCUT2D eigenvalue weighted by molar-refractivity contribution is -0.117. The zero-order chi connectivity index (χ0) is 14.9. The number of carbonyl (C=O) groups is 1. The summed E-state index contributed by atoms with van der Waals surface area (Å²) < 4.78 is 0. The van der Waals surface area contributed by atoms with Crippen LogP contribution in [0.4, 0.5) is 5.69 Å². The first-order valence-corrected chi connectivity index (χ1v) is 8.65. The van der Waals surface area contributed by atoms with Crippen LogP contribution in [0, 0.1) is 0 Å². The average molecular weight is 347 g/mol. The molecule has 2 heterocycles. The smallest absolute Gasteiger partial charge is 0.232 e. The number of amides is 1. The van der Waals surface area contributed by atoms with E-state index in [2.05, 4.69) is 34.9 Å². The predicted octanol–water partition coefficient (Wildman–Crippen LogP) is 3.58. The number of carbonyl (C=O) groups excluding carboxylic acids is 1. The van der Waals surface area contributed by atoms with Crippen LogP contribution in [-0.4, -0.2) is 18.2 Å². The molecular weight excluding hydrogens is 328 g/mol. The third-order valence-electron chi connectivity index (χ3n) is 4.38. The topological polar surface area (TPSA) is 41.1 Å². The van der Waals surface area contributed by atoms with Crippen LogP contribution in [0.2, 0.25) is 0 Å². The van der Waals surface area contributed by atoms with Crippen LogP contribution in [0.3, 0.4) is 0 Å². The van der Waals surface area contributed by atoms with E-state index in [0.29, 0.717) is 0 Å². The summed E-state index contributed by atoms with van der Waals surface area (Å²) in [6, 6.07) is 14.5. The number of benzene rings is 2. The van der Waals surface area contributed by atoms with Gasteiger partial charge in [0.25, 0.3) is 0 Å². The number of rotatable bonds is 2. The molecule has 0 saturated carbocycles. The van der Waals surface area contributed by atoms with Gasteiger partial charge in [0, 0.05) is 22.9 Å². The number of thioether (sulfide) groups is 1. The van der Waals surface area contributed by atoms with Gasteiger partial charge in [-0.15, -0.1) is 24.2 Å². The first-order chi connectivity index (χ1) is 10.8. The number of fused-ring (bicyclic) bond motifs is 2. The molecule has 0 aromatic heterocycles. The van der Waals surface area contributed by atoms with Gasteiger partial charge >= 0.3 is 0 Å². The Labute approximate surface area is 146 Å². The van der Waals surface area contributed by atoms with E-state index < -0.39 is 0 Å². The van der Waals surface area contributed by atoms with Crippen molar-refractivity contribution in [2.24, 2.45) is 0 Å². The van der Waals surface area contributed by atoms with Crippen molar-refractivity contribution in [2.75, 3.05) is 17.6 Å². The Hall–Kier alpha value is -1.49. The Balaban J connectivity index is 0.00000156. The van der Waals surface area contributed by atoms with Crippen LogP contribution in [0.25, 0.3) is 0 Å². The second-order valence-corrected chi connectivity index (χ2v) is 6.86. The van der Waals surface area contributed by atoms with Crippen molar-refractivity contribution in [2.45, 2.75) is 23.8 Å². The summed E-state index contributed by atoms with van der Waals surface area (Å²) in [6.07, 6.45) is 1.07. The van der Waals surface area contributed by atoms with Gasteiger partial charge in [0.15, 0.2) is 0 Å². The van der Waals surface area contributed by atoms with Gasteiger partial charge in [-0.3, -0.25) is 4.79 Å². The molecule has 0 spiro atoms. The largest absolute Gasteiger partial charge is 0.326 e. The lowest BCUT2D eigenvalue weighted by Gasteiger charge is -2.19. The summed E-state index contributed by atoms with van der Waals surface area (Å²) >= 11 is 1.77. The molecule has 1 unspecified atom stereocenters. The molecule has 2 aromatic carbocycles. The highest BCUT2D eigenvalue weighted by molar-refractivity contribution is 7.99. The molecule has 1 amide bonds. The number of halogens is 1. The van der Waals surface area contributed by atoms with Gasteiger partial charge in [-0.05, 0) is 47.9 Å². The number of nitrogens with one attached hydrogen (secondary N) is 2. The third kappa shape index (κ3) is 3.25. The molecule has 120 valence electrons. The van der Waals surface area contributed by atoms with Gasteiger partial charge in [0.2, 0.25) is 5.91 Å². The summed E-state index contributed by atoms with van der Waals surface area (Å²) in [5.41, 5.74) is 4.75. The summed E-state index contributed by atoms with van der Waals surface area (Å²) in [5, 5.41) is 6.47. The highest BCUT2D eigenvalue weighted by Crippen LogP contribution is 2.39. The SMILES string of the molecule is Cl.O=C(Nc1ccc2c(c1)CNCC2)C1CSc2ccccc21. The van der Waals surface area contributed by atoms with Crippen LogP contribution in [0.5, 0.6) is 0 Å². The highest BCUT2D eigenvalue weighted by atomic mass is 35.5. The minimum Gasteiger partial charge on any atom is -0.326 e. The van der Waals surface area contributed by atoms with Crippen molar-refractivity contribution in [3.8, 4) is 0 Å². The molecule has 5 heteroatoms. The van der Waals surface area contributed by atoms with E-state index in [0.717, 1.165) is 36.5 Å². The normalized spacial score (nSPS) is 18.5. The van der Waals surface area contributed by atoms with Crippen molar-refractivity contribution in [3.05, 3.63) is 59.2 Å². The van der Waals surface area contributed by atoms with E-state index in [9.17, 15) is 4.79 Å². The fourth-order valence-electron chi connectivity index (χ4n) is 3.17. The molecular formula is C18H19ClN2OS. The summed E-state index contributed by atoms with van der Waals surface area (Å²) in [4.78, 5) is 13.8. The zero-order valence-corrected chi connectivity index (χ0v) is 14.3. The van der Waals surface area contributed by atoms with Crippen molar-refractivity contribution in [3.63, 3.8) is 0 Å². The predicted molar refractivity (Wildman–Crippen MR) is 97.6 cm³/mol. The standard InChI is InChI=1S/C18H18N2OS.ClH/c21-18(16-11-22-17-4-2-1-3-15(16)17)20-14-6-5-12-7-8-19-10-13(12)9-14;/h1-6,9,16,19H,7-8,10-11H2,(H,20,21);1H. The first-order valence-electron chi connectivity index (χ1n) is 7.66. The molecule has 0 aliphatic carbocycles. The van der Waals surface area contributed by atoms with E-state index >= 15 is 0 Å². The van der Waals surface area contributed by atoms with Gasteiger partial charge < -0.3 is 10.6 Å². The molecule has 23 heavy (non-hydrogen) atoms. The summed E-state index contributed by atoms with van der Waals surface area (Å²) in [6.45, 7) is 1.93. The van der Waals surface area contributed by atoms with Crippen molar-refractivity contribution >= 4 is 35.8 Å². The molecule has 0 bridgehead atoms. The minimum absolute atomic E-state index is 0. The molecule has 0 saturated heterocycles. The Morgan fingerprint density at radius 2 is 2.04 bits per heavy atom. The first kappa shape index (κ1) is 16.4. The van der Waals surface area contributed by atoms with E-state index in [4.69, 9.17) is 0 Å². The third-order valence-corrected chi connectivity index (χ3v) is 5.56. The lowest BCUT2D eigenvalue weighted by atomic mass is 9.99. The molecule has 0 fully saturated rings. The minimum atomic E-state index is -0.0460. The van der Waals surface area contributed by atoms with E-state index in [-0.39, 0.29) is 24.2 Å². The van der Waals surface area contributed by atoms with Crippen molar-refractivity contribution in [1.82, 2.24) is 5.32 Å². The van der Waals surface area contributed by atoms with E-state index in [1.165, 1.54) is 16.0 Å². The Morgan fingerprint density at radius 3 is 2.96 bits per heavy atom. The number of hydrogen-bond acceptors (Lipinski definition) is 3. The molecule has 1 atom stereocenters. The summed E-state index contributed by atoms with van der Waals surface area (Å²) in [5.74, 6) is 0.883.